The van der Waals surface area contributed by atoms with Crippen molar-refractivity contribution in [3.8, 4) is 0 Å². The second-order valence-electron chi connectivity index (χ2n) is 2.09. The standard InChI is InChI=1S/C5H13NO.H3NO/c1-5(2)3-4-6-7;1-2/h5-7H,3-4H2,1-2H3;2H,1H2. The molecule has 58 valence electrons. The summed E-state index contributed by atoms with van der Waals surface area (Å²) in [5.74, 6) is 4.18. The number of hydrogen-bond donors (Lipinski definition) is 4. The molecule has 0 aromatic carbocycles. The minimum atomic E-state index is 0.680. The lowest BCUT2D eigenvalue weighted by atomic mass is 10.1. The van der Waals surface area contributed by atoms with Gasteiger partial charge in [-0.3, -0.25) is 0 Å². The molecular formula is C5H16N2O2. The Balaban J connectivity index is 0. The normalized spacial score (nSPS) is 8.67. The Morgan fingerprint density at radius 1 is 1.44 bits per heavy atom. The Bertz CT molecular complexity index is 41.9. The monoisotopic (exact) mass is 136 g/mol. The van der Waals surface area contributed by atoms with Gasteiger partial charge in [0.2, 0.25) is 0 Å². The Labute approximate surface area is 55.6 Å². The highest BCUT2D eigenvalue weighted by atomic mass is 16.5. The fourth-order valence-corrected chi connectivity index (χ4v) is 0.353. The second kappa shape index (κ2) is 10.8. The molecular weight excluding hydrogens is 120 g/mol. The maximum Gasteiger partial charge on any atom is 0.0209 e. The third-order valence-corrected chi connectivity index (χ3v) is 0.833. The zero-order chi connectivity index (χ0) is 7.70. The molecule has 0 saturated carbocycles. The molecule has 4 heteroatoms. The molecule has 5 N–H and O–H groups in total. The van der Waals surface area contributed by atoms with Crippen molar-refractivity contribution in [2.24, 2.45) is 11.8 Å². The Morgan fingerprint density at radius 2 is 1.89 bits per heavy atom. The molecule has 0 heterocycles. The molecule has 0 aliphatic carbocycles. The van der Waals surface area contributed by atoms with E-state index in [0.29, 0.717) is 12.5 Å². The van der Waals surface area contributed by atoms with Gasteiger partial charge in [0.15, 0.2) is 0 Å². The Hall–Kier alpha value is -0.160. The fraction of sp³-hybridized carbons (Fsp3) is 1.00. The van der Waals surface area contributed by atoms with E-state index in [0.717, 1.165) is 6.42 Å². The van der Waals surface area contributed by atoms with Crippen LogP contribution in [0.1, 0.15) is 20.3 Å². The number of hydroxylamine groups is 1. The molecule has 0 aromatic rings. The lowest BCUT2D eigenvalue weighted by molar-refractivity contribution is 0.161. The summed E-state index contributed by atoms with van der Waals surface area (Å²) in [6.45, 7) is 4.95. The highest BCUT2D eigenvalue weighted by Gasteiger charge is 1.88. The van der Waals surface area contributed by atoms with E-state index >= 15 is 0 Å². The van der Waals surface area contributed by atoms with Crippen LogP contribution in [0, 0.1) is 5.92 Å². The van der Waals surface area contributed by atoms with E-state index in [1.807, 2.05) is 0 Å². The van der Waals surface area contributed by atoms with Crippen LogP contribution < -0.4 is 11.4 Å². The van der Waals surface area contributed by atoms with Crippen molar-refractivity contribution in [3.05, 3.63) is 0 Å². The van der Waals surface area contributed by atoms with Gasteiger partial charge in [-0.2, -0.15) is 0 Å². The number of rotatable bonds is 3. The molecule has 0 rings (SSSR count). The van der Waals surface area contributed by atoms with Crippen LogP contribution in [0.5, 0.6) is 0 Å². The van der Waals surface area contributed by atoms with Gasteiger partial charge in [0.25, 0.3) is 0 Å². The van der Waals surface area contributed by atoms with E-state index in [4.69, 9.17) is 10.4 Å². The first-order chi connectivity index (χ1) is 4.27. The van der Waals surface area contributed by atoms with Gasteiger partial charge in [-0.1, -0.05) is 13.8 Å². The lowest BCUT2D eigenvalue weighted by Gasteiger charge is -1.99. The maximum absolute atomic E-state index is 8.07. The summed E-state index contributed by atoms with van der Waals surface area (Å²) >= 11 is 0. The van der Waals surface area contributed by atoms with E-state index < -0.39 is 0 Å². The predicted octanol–water partition coefficient (Wildman–Crippen LogP) is 0.346. The maximum atomic E-state index is 8.07. The zero-order valence-corrected chi connectivity index (χ0v) is 5.96. The summed E-state index contributed by atoms with van der Waals surface area (Å²) in [4.78, 5) is 0. The third-order valence-electron chi connectivity index (χ3n) is 0.833. The van der Waals surface area contributed by atoms with Crippen LogP contribution in [0.15, 0.2) is 0 Å². The molecule has 0 spiro atoms. The van der Waals surface area contributed by atoms with Crippen LogP contribution in [-0.4, -0.2) is 17.0 Å². The summed E-state index contributed by atoms with van der Waals surface area (Å²) in [5, 5.41) is 14.6. The first-order valence-corrected chi connectivity index (χ1v) is 2.90. The average molecular weight is 136 g/mol. The van der Waals surface area contributed by atoms with E-state index in [1.54, 1.807) is 0 Å². The molecule has 0 aliphatic heterocycles. The number of nitrogens with two attached hydrogens (primary N) is 1. The molecule has 0 atom stereocenters. The molecule has 4 nitrogen and oxygen atoms in total. The molecule has 0 unspecified atom stereocenters. The molecule has 0 saturated heterocycles. The summed E-state index contributed by atoms with van der Waals surface area (Å²) in [6, 6.07) is 0. The van der Waals surface area contributed by atoms with Crippen molar-refractivity contribution in [2.75, 3.05) is 6.54 Å². The van der Waals surface area contributed by atoms with Crippen molar-refractivity contribution < 1.29 is 10.4 Å². The minimum Gasteiger partial charge on any atom is -0.320 e. The van der Waals surface area contributed by atoms with Gasteiger partial charge in [0.05, 0.1) is 0 Å². The van der Waals surface area contributed by atoms with E-state index in [-0.39, 0.29) is 0 Å². The van der Waals surface area contributed by atoms with Crippen LogP contribution in [0.4, 0.5) is 0 Å². The van der Waals surface area contributed by atoms with E-state index in [1.165, 1.54) is 0 Å². The predicted molar refractivity (Wildman–Crippen MR) is 35.2 cm³/mol. The van der Waals surface area contributed by atoms with Crippen LogP contribution in [0.25, 0.3) is 0 Å². The number of nitrogens with one attached hydrogen (secondary N) is 1. The zero-order valence-electron chi connectivity index (χ0n) is 5.96. The van der Waals surface area contributed by atoms with E-state index in [2.05, 4.69) is 25.2 Å². The molecule has 0 aliphatic rings. The molecule has 0 aromatic heterocycles. The highest BCUT2D eigenvalue weighted by molar-refractivity contribution is 4.42. The van der Waals surface area contributed by atoms with Crippen molar-refractivity contribution in [1.82, 2.24) is 5.48 Å². The van der Waals surface area contributed by atoms with Gasteiger partial charge < -0.3 is 10.4 Å². The third kappa shape index (κ3) is 18.1. The summed E-state index contributed by atoms with van der Waals surface area (Å²) in [6.07, 6.45) is 1.04. The van der Waals surface area contributed by atoms with Crippen molar-refractivity contribution in [2.45, 2.75) is 20.3 Å². The van der Waals surface area contributed by atoms with Crippen molar-refractivity contribution >= 4 is 0 Å². The quantitative estimate of drug-likeness (QED) is 0.422. The van der Waals surface area contributed by atoms with E-state index in [9.17, 15) is 0 Å². The van der Waals surface area contributed by atoms with Crippen LogP contribution in [-0.2, 0) is 0 Å². The smallest absolute Gasteiger partial charge is 0.0209 e. The molecule has 0 fully saturated rings. The number of hydrogen-bond acceptors (Lipinski definition) is 4. The SMILES string of the molecule is CC(C)CCNO.NO. The summed E-state index contributed by atoms with van der Waals surface area (Å²) in [7, 11) is 0. The Kier molecular flexibility index (Phi) is 13.9. The molecule has 0 bridgehead atoms. The van der Waals surface area contributed by atoms with Gasteiger partial charge in [-0.25, -0.2) is 11.4 Å². The van der Waals surface area contributed by atoms with Gasteiger partial charge in [0, 0.05) is 6.54 Å². The minimum absolute atomic E-state index is 0.680. The van der Waals surface area contributed by atoms with Crippen LogP contribution >= 0.6 is 0 Å². The largest absolute Gasteiger partial charge is 0.320 e. The highest BCUT2D eigenvalue weighted by Crippen LogP contribution is 1.94. The summed E-state index contributed by atoms with van der Waals surface area (Å²) < 4.78 is 0. The lowest BCUT2D eigenvalue weighted by Crippen LogP contribution is -2.10. The van der Waals surface area contributed by atoms with Crippen molar-refractivity contribution in [3.63, 3.8) is 0 Å². The average Bonchev–Trinajstić information content (AvgIpc) is 1.88. The topological polar surface area (TPSA) is 78.5 Å². The van der Waals surface area contributed by atoms with Crippen LogP contribution in [0.3, 0.4) is 0 Å². The van der Waals surface area contributed by atoms with Crippen molar-refractivity contribution in [1.29, 1.82) is 0 Å². The van der Waals surface area contributed by atoms with Gasteiger partial charge in [-0.05, 0) is 12.3 Å². The summed E-state index contributed by atoms with van der Waals surface area (Å²) in [5.41, 5.74) is 2.10. The molecule has 9 heavy (non-hydrogen) atoms. The molecule has 0 radical (unpaired) electrons. The second-order valence-corrected chi connectivity index (χ2v) is 2.09. The van der Waals surface area contributed by atoms with Gasteiger partial charge in [-0.15, -0.1) is 0 Å². The van der Waals surface area contributed by atoms with Gasteiger partial charge >= 0.3 is 0 Å². The van der Waals surface area contributed by atoms with Gasteiger partial charge in [0.1, 0.15) is 0 Å². The Morgan fingerprint density at radius 3 is 2.00 bits per heavy atom. The van der Waals surface area contributed by atoms with Crippen LogP contribution in [0.2, 0.25) is 0 Å². The first kappa shape index (κ1) is 11.6. The molecule has 0 amide bonds. The fourth-order valence-electron chi connectivity index (χ4n) is 0.353. The first-order valence-electron chi connectivity index (χ1n) is 2.90.